The molecule has 0 radical (unpaired) electrons. The van der Waals surface area contributed by atoms with Gasteiger partial charge in [0.2, 0.25) is 5.91 Å². The highest BCUT2D eigenvalue weighted by Gasteiger charge is 2.49. The van der Waals surface area contributed by atoms with Crippen molar-refractivity contribution in [2.24, 2.45) is 0 Å². The second kappa shape index (κ2) is 7.68. The number of nitrogens with zero attached hydrogens (tertiary/aromatic N) is 3. The molecule has 1 aromatic heterocycles. The Morgan fingerprint density at radius 2 is 1.97 bits per heavy atom. The molecule has 1 atom stereocenters. The first-order chi connectivity index (χ1) is 14.4. The molecule has 3 aromatic rings. The van der Waals surface area contributed by atoms with Crippen molar-refractivity contribution in [3.63, 3.8) is 0 Å². The standard InChI is InChI=1S/C21H19N5O3S/c1-13-8-9-14(17-12-30-25-24-17)10-16(13)22-18(27)11-26-19(28)21(2,23-20(26)29)15-6-4-3-5-7-15/h3-10,12H,11H2,1-2H3,(H,22,27)(H,23,29)/t21-/m0/s1. The molecule has 0 unspecified atom stereocenters. The lowest BCUT2D eigenvalue weighted by Gasteiger charge is -2.22. The van der Waals surface area contributed by atoms with Crippen molar-refractivity contribution >= 4 is 35.1 Å². The van der Waals surface area contributed by atoms with Crippen LogP contribution < -0.4 is 10.6 Å². The minimum Gasteiger partial charge on any atom is -0.324 e. The predicted octanol–water partition coefficient (Wildman–Crippen LogP) is 2.92. The average Bonchev–Trinajstić information content (AvgIpc) is 3.34. The second-order valence-corrected chi connectivity index (χ2v) is 7.79. The summed E-state index contributed by atoms with van der Waals surface area (Å²) < 4.78 is 3.85. The third-order valence-corrected chi connectivity index (χ3v) is 5.60. The summed E-state index contributed by atoms with van der Waals surface area (Å²) in [5.41, 5.74) is 2.42. The second-order valence-electron chi connectivity index (χ2n) is 7.18. The zero-order valence-electron chi connectivity index (χ0n) is 16.4. The highest BCUT2D eigenvalue weighted by molar-refractivity contribution is 7.03. The molecular formula is C21H19N5O3S. The van der Waals surface area contributed by atoms with Crippen LogP contribution in [0.2, 0.25) is 0 Å². The number of benzene rings is 2. The molecule has 2 heterocycles. The maximum atomic E-state index is 13.0. The number of imide groups is 1. The molecule has 4 amide bonds. The quantitative estimate of drug-likeness (QED) is 0.617. The van der Waals surface area contributed by atoms with Gasteiger partial charge in [0.1, 0.15) is 17.8 Å². The molecule has 0 spiro atoms. The molecule has 0 aliphatic carbocycles. The van der Waals surface area contributed by atoms with Crippen molar-refractivity contribution in [1.29, 1.82) is 0 Å². The number of aromatic nitrogens is 2. The number of urea groups is 1. The van der Waals surface area contributed by atoms with Gasteiger partial charge in [-0.05, 0) is 42.6 Å². The topological polar surface area (TPSA) is 104 Å². The van der Waals surface area contributed by atoms with Crippen LogP contribution in [-0.4, -0.2) is 38.9 Å². The van der Waals surface area contributed by atoms with Gasteiger partial charge >= 0.3 is 6.03 Å². The van der Waals surface area contributed by atoms with Gasteiger partial charge in [0.15, 0.2) is 0 Å². The molecule has 8 nitrogen and oxygen atoms in total. The van der Waals surface area contributed by atoms with Crippen LogP contribution in [0.4, 0.5) is 10.5 Å². The Morgan fingerprint density at radius 1 is 1.20 bits per heavy atom. The molecule has 1 aliphatic heterocycles. The summed E-state index contributed by atoms with van der Waals surface area (Å²) in [7, 11) is 0. The number of rotatable bonds is 5. The lowest BCUT2D eigenvalue weighted by atomic mass is 9.92. The third kappa shape index (κ3) is 3.55. The molecule has 1 fully saturated rings. The monoisotopic (exact) mass is 421 g/mol. The summed E-state index contributed by atoms with van der Waals surface area (Å²) in [5, 5.41) is 11.3. The molecule has 9 heteroatoms. The summed E-state index contributed by atoms with van der Waals surface area (Å²) >= 11 is 1.24. The lowest BCUT2D eigenvalue weighted by Crippen LogP contribution is -2.42. The summed E-state index contributed by atoms with van der Waals surface area (Å²) in [6, 6.07) is 13.9. The molecule has 2 aromatic carbocycles. The predicted molar refractivity (Wildman–Crippen MR) is 113 cm³/mol. The number of nitrogens with one attached hydrogen (secondary N) is 2. The molecule has 1 saturated heterocycles. The first kappa shape index (κ1) is 19.7. The molecule has 152 valence electrons. The fourth-order valence-electron chi connectivity index (χ4n) is 3.35. The Labute approximate surface area is 177 Å². The van der Waals surface area contributed by atoms with Gasteiger partial charge in [-0.15, -0.1) is 5.10 Å². The molecule has 0 saturated carbocycles. The minimum absolute atomic E-state index is 0.380. The largest absolute Gasteiger partial charge is 0.325 e. The zero-order valence-corrected chi connectivity index (χ0v) is 17.2. The van der Waals surface area contributed by atoms with Gasteiger partial charge in [-0.3, -0.25) is 14.5 Å². The molecule has 2 N–H and O–H groups in total. The van der Waals surface area contributed by atoms with E-state index in [0.29, 0.717) is 16.9 Å². The van der Waals surface area contributed by atoms with Crippen molar-refractivity contribution in [3.05, 3.63) is 65.0 Å². The lowest BCUT2D eigenvalue weighted by molar-refractivity contribution is -0.133. The van der Waals surface area contributed by atoms with E-state index in [0.717, 1.165) is 16.0 Å². The Kier molecular flexibility index (Phi) is 5.04. The minimum atomic E-state index is -1.20. The highest BCUT2D eigenvalue weighted by atomic mass is 32.1. The molecule has 1 aliphatic rings. The average molecular weight is 421 g/mol. The van der Waals surface area contributed by atoms with Crippen LogP contribution in [0, 0.1) is 6.92 Å². The van der Waals surface area contributed by atoms with Crippen molar-refractivity contribution < 1.29 is 14.4 Å². The maximum absolute atomic E-state index is 13.0. The van der Waals surface area contributed by atoms with Crippen LogP contribution in [-0.2, 0) is 15.1 Å². The molecule has 30 heavy (non-hydrogen) atoms. The Bertz CT molecular complexity index is 1120. The van der Waals surface area contributed by atoms with Gasteiger partial charge in [-0.2, -0.15) is 0 Å². The van der Waals surface area contributed by atoms with Gasteiger partial charge in [0.25, 0.3) is 5.91 Å². The van der Waals surface area contributed by atoms with E-state index in [1.807, 2.05) is 30.5 Å². The van der Waals surface area contributed by atoms with E-state index < -0.39 is 23.4 Å². The van der Waals surface area contributed by atoms with Crippen molar-refractivity contribution in [2.75, 3.05) is 11.9 Å². The third-order valence-electron chi connectivity index (χ3n) is 5.10. The number of carbonyl (C=O) groups excluding carboxylic acids is 3. The number of anilines is 1. The van der Waals surface area contributed by atoms with E-state index in [1.165, 1.54) is 11.5 Å². The molecule has 4 rings (SSSR count). The van der Waals surface area contributed by atoms with Crippen molar-refractivity contribution in [2.45, 2.75) is 19.4 Å². The summed E-state index contributed by atoms with van der Waals surface area (Å²) in [5.74, 6) is -0.930. The highest BCUT2D eigenvalue weighted by Crippen LogP contribution is 2.29. The van der Waals surface area contributed by atoms with E-state index >= 15 is 0 Å². The Hall–Kier alpha value is -3.59. The summed E-state index contributed by atoms with van der Waals surface area (Å²) in [4.78, 5) is 39.0. The van der Waals surface area contributed by atoms with Crippen LogP contribution in [0.15, 0.2) is 53.9 Å². The van der Waals surface area contributed by atoms with Crippen LogP contribution in [0.25, 0.3) is 11.3 Å². The van der Waals surface area contributed by atoms with E-state index in [1.54, 1.807) is 37.3 Å². The van der Waals surface area contributed by atoms with Crippen LogP contribution in [0.5, 0.6) is 0 Å². The number of hydrogen-bond donors (Lipinski definition) is 2. The normalized spacial score (nSPS) is 18.4. The molecule has 0 bridgehead atoms. The van der Waals surface area contributed by atoms with E-state index in [9.17, 15) is 14.4 Å². The summed E-state index contributed by atoms with van der Waals surface area (Å²) in [6.45, 7) is 3.11. The van der Waals surface area contributed by atoms with E-state index in [2.05, 4.69) is 20.2 Å². The number of aryl methyl sites for hydroxylation is 1. The fraction of sp³-hybridized carbons (Fsp3) is 0.190. The van der Waals surface area contributed by atoms with Gasteiger partial charge in [0, 0.05) is 16.6 Å². The van der Waals surface area contributed by atoms with Crippen LogP contribution in [0.1, 0.15) is 18.1 Å². The Morgan fingerprint density at radius 3 is 2.67 bits per heavy atom. The van der Waals surface area contributed by atoms with Crippen molar-refractivity contribution in [3.8, 4) is 11.3 Å². The van der Waals surface area contributed by atoms with E-state index in [4.69, 9.17) is 0 Å². The zero-order chi connectivity index (χ0) is 21.3. The van der Waals surface area contributed by atoms with Gasteiger partial charge in [-0.1, -0.05) is 47.0 Å². The first-order valence-corrected chi connectivity index (χ1v) is 10.1. The van der Waals surface area contributed by atoms with E-state index in [-0.39, 0.29) is 6.54 Å². The van der Waals surface area contributed by atoms with Crippen LogP contribution in [0.3, 0.4) is 0 Å². The van der Waals surface area contributed by atoms with Gasteiger partial charge in [-0.25, -0.2) is 4.79 Å². The maximum Gasteiger partial charge on any atom is 0.325 e. The van der Waals surface area contributed by atoms with Gasteiger partial charge in [0.05, 0.1) is 0 Å². The van der Waals surface area contributed by atoms with Crippen LogP contribution >= 0.6 is 11.5 Å². The fourth-order valence-corrected chi connectivity index (χ4v) is 3.81. The SMILES string of the molecule is Cc1ccc(-c2csnn2)cc1NC(=O)CN1C(=O)N[C@@](C)(c2ccccc2)C1=O. The molecular weight excluding hydrogens is 402 g/mol. The number of carbonyl (C=O) groups is 3. The first-order valence-electron chi connectivity index (χ1n) is 9.26. The van der Waals surface area contributed by atoms with Crippen molar-refractivity contribution in [1.82, 2.24) is 19.8 Å². The smallest absolute Gasteiger partial charge is 0.324 e. The summed E-state index contributed by atoms with van der Waals surface area (Å²) in [6.07, 6.45) is 0. The Balaban J connectivity index is 1.50. The number of amides is 4. The number of hydrogen-bond acceptors (Lipinski definition) is 6. The van der Waals surface area contributed by atoms with Gasteiger partial charge < -0.3 is 10.6 Å².